The molecule has 0 bridgehead atoms. The lowest BCUT2D eigenvalue weighted by Crippen LogP contribution is -2.40. The molecule has 1 heterocycles. The summed E-state index contributed by atoms with van der Waals surface area (Å²) in [5.74, 6) is 0.639. The van der Waals surface area contributed by atoms with Gasteiger partial charge in [0.25, 0.3) is 0 Å². The van der Waals surface area contributed by atoms with Crippen LogP contribution < -0.4 is 16.2 Å². The van der Waals surface area contributed by atoms with E-state index in [9.17, 15) is 4.79 Å². The first kappa shape index (κ1) is 14.8. The molecular formula is C15H23N3O2. The molecule has 0 saturated carbocycles. The Kier molecular flexibility index (Phi) is 5.38. The number of primary amides is 1. The van der Waals surface area contributed by atoms with E-state index in [1.807, 2.05) is 24.3 Å². The molecule has 110 valence electrons. The van der Waals surface area contributed by atoms with Crippen molar-refractivity contribution in [2.24, 2.45) is 11.5 Å². The fraction of sp³-hybridized carbons (Fsp3) is 0.533. The van der Waals surface area contributed by atoms with Gasteiger partial charge in [-0.1, -0.05) is 12.1 Å². The molecule has 1 aromatic carbocycles. The van der Waals surface area contributed by atoms with Gasteiger partial charge in [-0.2, -0.15) is 0 Å². The molecule has 5 heteroatoms. The molecule has 20 heavy (non-hydrogen) atoms. The van der Waals surface area contributed by atoms with Gasteiger partial charge in [0.2, 0.25) is 5.91 Å². The molecule has 1 fully saturated rings. The van der Waals surface area contributed by atoms with Crippen LogP contribution in [0.4, 0.5) is 0 Å². The number of rotatable bonds is 7. The first-order valence-electron chi connectivity index (χ1n) is 7.16. The Hall–Kier alpha value is -1.59. The van der Waals surface area contributed by atoms with E-state index >= 15 is 0 Å². The van der Waals surface area contributed by atoms with Gasteiger partial charge in [0.05, 0.1) is 12.6 Å². The maximum atomic E-state index is 11.3. The molecule has 5 nitrogen and oxygen atoms in total. The second-order valence-corrected chi connectivity index (χ2v) is 5.15. The van der Waals surface area contributed by atoms with Crippen molar-refractivity contribution in [2.75, 3.05) is 19.7 Å². The van der Waals surface area contributed by atoms with Crippen LogP contribution in [0.1, 0.15) is 24.8 Å². The van der Waals surface area contributed by atoms with Gasteiger partial charge in [-0.3, -0.25) is 9.69 Å². The van der Waals surface area contributed by atoms with Crippen LogP contribution in [0.5, 0.6) is 5.75 Å². The Morgan fingerprint density at radius 3 is 3.05 bits per heavy atom. The van der Waals surface area contributed by atoms with E-state index in [1.165, 1.54) is 0 Å². The van der Waals surface area contributed by atoms with Crippen molar-refractivity contribution in [3.05, 3.63) is 29.8 Å². The lowest BCUT2D eigenvalue weighted by atomic mass is 10.2. The summed E-state index contributed by atoms with van der Waals surface area (Å²) in [7, 11) is 0. The Balaban J connectivity index is 1.72. The fourth-order valence-corrected chi connectivity index (χ4v) is 2.64. The lowest BCUT2D eigenvalue weighted by Gasteiger charge is -2.21. The van der Waals surface area contributed by atoms with Crippen LogP contribution >= 0.6 is 0 Å². The Labute approximate surface area is 119 Å². The van der Waals surface area contributed by atoms with Gasteiger partial charge >= 0.3 is 0 Å². The third kappa shape index (κ3) is 3.95. The second-order valence-electron chi connectivity index (χ2n) is 5.15. The molecule has 1 saturated heterocycles. The van der Waals surface area contributed by atoms with Crippen molar-refractivity contribution in [2.45, 2.75) is 31.8 Å². The van der Waals surface area contributed by atoms with Crippen LogP contribution in [-0.2, 0) is 11.3 Å². The van der Waals surface area contributed by atoms with Gasteiger partial charge in [0, 0.05) is 13.1 Å². The predicted molar refractivity (Wildman–Crippen MR) is 78.2 cm³/mol. The van der Waals surface area contributed by atoms with E-state index in [0.717, 1.165) is 43.7 Å². The normalized spacial score (nSPS) is 19.1. The summed E-state index contributed by atoms with van der Waals surface area (Å²) < 4.78 is 5.71. The van der Waals surface area contributed by atoms with Crippen molar-refractivity contribution < 1.29 is 9.53 Å². The first-order valence-corrected chi connectivity index (χ1v) is 7.16. The topological polar surface area (TPSA) is 81.6 Å². The standard InChI is InChI=1S/C15H23N3O2/c16-11-12-4-1-5-13(10-12)20-9-3-8-18-7-2-6-14(18)15(17)19/h1,4-5,10,14H,2-3,6-9,11,16H2,(H2,17,19). The Bertz CT molecular complexity index is 450. The molecule has 1 aliphatic heterocycles. The van der Waals surface area contributed by atoms with Crippen LogP contribution in [0.2, 0.25) is 0 Å². The summed E-state index contributed by atoms with van der Waals surface area (Å²) in [6, 6.07) is 7.73. The number of hydrogen-bond donors (Lipinski definition) is 2. The minimum atomic E-state index is -0.209. The lowest BCUT2D eigenvalue weighted by molar-refractivity contribution is -0.122. The van der Waals surface area contributed by atoms with Crippen molar-refractivity contribution in [3.8, 4) is 5.75 Å². The molecule has 0 spiro atoms. The molecule has 0 radical (unpaired) electrons. The van der Waals surface area contributed by atoms with E-state index in [1.54, 1.807) is 0 Å². The van der Waals surface area contributed by atoms with Crippen LogP contribution in [-0.4, -0.2) is 36.5 Å². The average Bonchev–Trinajstić information content (AvgIpc) is 2.92. The number of hydrogen-bond acceptors (Lipinski definition) is 4. The molecule has 2 rings (SSSR count). The number of amides is 1. The number of benzene rings is 1. The van der Waals surface area contributed by atoms with Crippen LogP contribution in [0, 0.1) is 0 Å². The number of likely N-dealkylation sites (tertiary alicyclic amines) is 1. The summed E-state index contributed by atoms with van der Waals surface area (Å²) in [5, 5.41) is 0. The fourth-order valence-electron chi connectivity index (χ4n) is 2.64. The highest BCUT2D eigenvalue weighted by Gasteiger charge is 2.28. The largest absolute Gasteiger partial charge is 0.494 e. The predicted octanol–water partition coefficient (Wildman–Crippen LogP) is 0.864. The van der Waals surface area contributed by atoms with E-state index in [-0.39, 0.29) is 11.9 Å². The zero-order chi connectivity index (χ0) is 14.4. The van der Waals surface area contributed by atoms with Gasteiger partial charge in [-0.25, -0.2) is 0 Å². The maximum Gasteiger partial charge on any atom is 0.234 e. The van der Waals surface area contributed by atoms with Crippen molar-refractivity contribution in [1.82, 2.24) is 4.90 Å². The third-order valence-electron chi connectivity index (χ3n) is 3.68. The number of nitrogens with two attached hydrogens (primary N) is 2. The number of carbonyl (C=O) groups excluding carboxylic acids is 1. The molecule has 1 aromatic rings. The van der Waals surface area contributed by atoms with Crippen molar-refractivity contribution in [3.63, 3.8) is 0 Å². The van der Waals surface area contributed by atoms with Crippen LogP contribution in [0.3, 0.4) is 0 Å². The monoisotopic (exact) mass is 277 g/mol. The highest BCUT2D eigenvalue weighted by molar-refractivity contribution is 5.80. The van der Waals surface area contributed by atoms with Crippen molar-refractivity contribution >= 4 is 5.91 Å². The molecule has 0 aliphatic carbocycles. The molecule has 1 aliphatic rings. The van der Waals surface area contributed by atoms with Crippen molar-refractivity contribution in [1.29, 1.82) is 0 Å². The summed E-state index contributed by atoms with van der Waals surface area (Å²) in [6.45, 7) is 2.96. The minimum absolute atomic E-state index is 0.0874. The summed E-state index contributed by atoms with van der Waals surface area (Å²) >= 11 is 0. The average molecular weight is 277 g/mol. The minimum Gasteiger partial charge on any atom is -0.494 e. The van der Waals surface area contributed by atoms with Gasteiger partial charge < -0.3 is 16.2 Å². The van der Waals surface area contributed by atoms with E-state index in [0.29, 0.717) is 13.2 Å². The highest BCUT2D eigenvalue weighted by atomic mass is 16.5. The molecule has 0 aromatic heterocycles. The van der Waals surface area contributed by atoms with Gasteiger partial charge in [-0.05, 0) is 43.5 Å². The molecule has 1 amide bonds. The summed E-state index contributed by atoms with van der Waals surface area (Å²) in [5.41, 5.74) is 12.1. The molecule has 1 unspecified atom stereocenters. The summed E-state index contributed by atoms with van der Waals surface area (Å²) in [4.78, 5) is 13.4. The molecular weight excluding hydrogens is 254 g/mol. The Morgan fingerprint density at radius 2 is 2.30 bits per heavy atom. The van der Waals surface area contributed by atoms with E-state index < -0.39 is 0 Å². The zero-order valence-electron chi connectivity index (χ0n) is 11.8. The second kappa shape index (κ2) is 7.26. The zero-order valence-corrected chi connectivity index (χ0v) is 11.8. The van der Waals surface area contributed by atoms with Crippen LogP contribution in [0.15, 0.2) is 24.3 Å². The quantitative estimate of drug-likeness (QED) is 0.724. The maximum absolute atomic E-state index is 11.3. The van der Waals surface area contributed by atoms with Gasteiger partial charge in [0.15, 0.2) is 0 Å². The van der Waals surface area contributed by atoms with E-state index in [2.05, 4.69) is 4.90 Å². The molecule has 1 atom stereocenters. The van der Waals surface area contributed by atoms with E-state index in [4.69, 9.17) is 16.2 Å². The first-order chi connectivity index (χ1) is 9.70. The van der Waals surface area contributed by atoms with Crippen LogP contribution in [0.25, 0.3) is 0 Å². The smallest absolute Gasteiger partial charge is 0.234 e. The SMILES string of the molecule is NCc1cccc(OCCCN2CCCC2C(N)=O)c1. The highest BCUT2D eigenvalue weighted by Crippen LogP contribution is 2.17. The number of ether oxygens (including phenoxy) is 1. The third-order valence-corrected chi connectivity index (χ3v) is 3.68. The number of carbonyl (C=O) groups is 1. The van der Waals surface area contributed by atoms with Gasteiger partial charge in [-0.15, -0.1) is 0 Å². The summed E-state index contributed by atoms with van der Waals surface area (Å²) in [6.07, 6.45) is 2.82. The number of nitrogens with zero attached hydrogens (tertiary/aromatic N) is 1. The molecule has 4 N–H and O–H groups in total. The van der Waals surface area contributed by atoms with Gasteiger partial charge in [0.1, 0.15) is 5.75 Å². The Morgan fingerprint density at radius 1 is 1.45 bits per heavy atom.